The highest BCUT2D eigenvalue weighted by Gasteiger charge is 2.26. The quantitative estimate of drug-likeness (QED) is 0.0948. The molecule has 5 N–H and O–H groups in total. The number of nitrogen functional groups attached to an aromatic ring is 1. The number of benzene rings is 3. The van der Waals surface area contributed by atoms with Crippen molar-refractivity contribution in [1.82, 2.24) is 0 Å². The molecule has 0 aliphatic carbocycles. The van der Waals surface area contributed by atoms with E-state index in [0.717, 1.165) is 29.5 Å². The summed E-state index contributed by atoms with van der Waals surface area (Å²) in [7, 11) is -10.2. The van der Waals surface area contributed by atoms with Gasteiger partial charge < -0.3 is 11.1 Å². The van der Waals surface area contributed by atoms with Gasteiger partial charge in [-0.25, -0.2) is 0 Å². The highest BCUT2D eigenvalue weighted by Crippen LogP contribution is 2.45. The number of azo groups is 1. The molecular weight excluding hydrogens is 600 g/mol. The second-order valence-electron chi connectivity index (χ2n) is 8.28. The van der Waals surface area contributed by atoms with E-state index in [1.807, 2.05) is 6.07 Å². The fourth-order valence-electron chi connectivity index (χ4n) is 3.87. The van der Waals surface area contributed by atoms with Crippen LogP contribution in [0.25, 0.3) is 21.9 Å². The Bertz CT molecular complexity index is 2050. The van der Waals surface area contributed by atoms with Crippen molar-refractivity contribution in [3.63, 3.8) is 0 Å². The van der Waals surface area contributed by atoms with Crippen LogP contribution in [0.2, 0.25) is 0 Å². The van der Waals surface area contributed by atoms with Crippen LogP contribution in [-0.2, 0) is 25.0 Å². The summed E-state index contributed by atoms with van der Waals surface area (Å²) in [5.74, 6) is -0.295. The van der Waals surface area contributed by atoms with E-state index < -0.39 is 51.4 Å². The van der Waals surface area contributed by atoms with Gasteiger partial charge in [-0.2, -0.15) is 22.1 Å². The molecule has 0 spiro atoms. The maximum absolute atomic E-state index is 12.2. The number of rotatable bonds is 7. The second-order valence-corrected chi connectivity index (χ2v) is 12.1. The van der Waals surface area contributed by atoms with Gasteiger partial charge in [0.1, 0.15) is 25.9 Å². The van der Waals surface area contributed by atoms with E-state index in [1.165, 1.54) is 6.92 Å². The fourth-order valence-corrected chi connectivity index (χ4v) is 6.16. The predicted molar refractivity (Wildman–Crippen MR) is 148 cm³/mol. The predicted octanol–water partition coefficient (Wildman–Crippen LogP) is 4.80. The smallest absolute Gasteiger partial charge is 0.295 e. The van der Waals surface area contributed by atoms with Gasteiger partial charge in [-0.15, -0.1) is 10.2 Å². The van der Waals surface area contributed by atoms with Crippen LogP contribution < -0.4 is 11.1 Å². The average molecular weight is 617 g/mol. The number of nitrogens with two attached hydrogens (primary N) is 1. The van der Waals surface area contributed by atoms with Crippen molar-refractivity contribution in [1.29, 1.82) is 5.26 Å². The lowest BCUT2D eigenvalue weighted by Gasteiger charge is -2.09. The van der Waals surface area contributed by atoms with Crippen LogP contribution in [-0.4, -0.2) is 36.8 Å². The molecule has 18 heteroatoms. The van der Waals surface area contributed by atoms with E-state index in [9.17, 15) is 46.1 Å². The number of nitro groups is 1. The lowest BCUT2D eigenvalue weighted by atomic mass is 10.0. The summed E-state index contributed by atoms with van der Waals surface area (Å²) in [6.07, 6.45) is 0. The number of fused-ring (bicyclic) bond motifs is 1. The van der Waals surface area contributed by atoms with Gasteiger partial charge in [0.2, 0.25) is 5.91 Å². The molecule has 0 aliphatic heterocycles. The van der Waals surface area contributed by atoms with Crippen LogP contribution in [0.4, 0.5) is 27.1 Å². The molecule has 0 unspecified atom stereocenters. The fraction of sp³-hybridized carbons (Fsp3) is 0.0435. The maximum atomic E-state index is 12.2. The van der Waals surface area contributed by atoms with E-state index in [4.69, 9.17) is 5.73 Å². The number of amides is 1. The summed E-state index contributed by atoms with van der Waals surface area (Å²) in [6, 6.07) is 11.3. The van der Waals surface area contributed by atoms with Gasteiger partial charge in [-0.3, -0.25) is 24.0 Å². The van der Waals surface area contributed by atoms with Gasteiger partial charge in [0.05, 0.1) is 16.2 Å². The molecule has 0 saturated heterocycles. The monoisotopic (exact) mass is 616 g/mol. The van der Waals surface area contributed by atoms with Crippen molar-refractivity contribution < 1.29 is 35.7 Å². The number of anilines is 2. The first kappa shape index (κ1) is 29.2. The Kier molecular flexibility index (Phi) is 7.58. The van der Waals surface area contributed by atoms with Crippen molar-refractivity contribution in [3.8, 4) is 17.2 Å². The molecule has 1 aromatic heterocycles. The Morgan fingerprint density at radius 2 is 1.61 bits per heavy atom. The Morgan fingerprint density at radius 1 is 1.02 bits per heavy atom. The zero-order valence-corrected chi connectivity index (χ0v) is 22.9. The van der Waals surface area contributed by atoms with E-state index in [2.05, 4.69) is 15.5 Å². The van der Waals surface area contributed by atoms with Crippen LogP contribution in [0, 0.1) is 21.4 Å². The molecule has 15 nitrogen and oxygen atoms in total. The van der Waals surface area contributed by atoms with Gasteiger partial charge >= 0.3 is 0 Å². The summed E-state index contributed by atoms with van der Waals surface area (Å²) in [5.41, 5.74) is 6.07. The third-order valence-corrected chi connectivity index (χ3v) is 8.20. The zero-order valence-electron chi connectivity index (χ0n) is 20.5. The largest absolute Gasteiger partial charge is 0.389 e. The number of nitriles is 1. The second kappa shape index (κ2) is 10.6. The molecular formula is C23H16N6O9S3. The minimum Gasteiger partial charge on any atom is -0.389 e. The molecule has 41 heavy (non-hydrogen) atoms. The lowest BCUT2D eigenvalue weighted by molar-refractivity contribution is -0.384. The van der Waals surface area contributed by atoms with Gasteiger partial charge in [-0.1, -0.05) is 23.5 Å². The minimum absolute atomic E-state index is 0.0642. The number of hydrogen-bond acceptors (Lipinski definition) is 12. The first-order valence-corrected chi connectivity index (χ1v) is 14.6. The van der Waals surface area contributed by atoms with Gasteiger partial charge in [-0.05, 0) is 29.8 Å². The van der Waals surface area contributed by atoms with Crippen LogP contribution in [0.3, 0.4) is 0 Å². The van der Waals surface area contributed by atoms with E-state index in [0.29, 0.717) is 17.3 Å². The number of non-ortho nitro benzene ring substituents is 1. The normalized spacial score (nSPS) is 12.0. The molecule has 0 radical (unpaired) electrons. The minimum atomic E-state index is -5.12. The number of thiophene rings is 1. The number of carbonyl (C=O) groups excluding carboxylic acids is 1. The third kappa shape index (κ3) is 6.03. The molecule has 0 fully saturated rings. The first-order valence-electron chi connectivity index (χ1n) is 10.9. The number of nitro benzene ring substituents is 1. The molecule has 0 atom stereocenters. The van der Waals surface area contributed by atoms with Crippen molar-refractivity contribution in [2.75, 3.05) is 11.1 Å². The summed E-state index contributed by atoms with van der Waals surface area (Å²) in [5, 5.41) is 30.7. The SMILES string of the molecule is CC(=O)Nc1ccc(-c2c(/N=N/c3cc(S(=O)(=O)O)c4cc([N+](=O)[O-])cc(S(=O)(=O)O)c4c3)sc(N)c2C#N)cc1. The van der Waals surface area contributed by atoms with Crippen LogP contribution >= 0.6 is 11.3 Å². The van der Waals surface area contributed by atoms with Crippen LogP contribution in [0.1, 0.15) is 12.5 Å². The molecule has 0 aliphatic rings. The van der Waals surface area contributed by atoms with Crippen LogP contribution in [0.5, 0.6) is 0 Å². The zero-order chi connectivity index (χ0) is 30.3. The highest BCUT2D eigenvalue weighted by atomic mass is 32.2. The Balaban J connectivity index is 1.93. The summed E-state index contributed by atoms with van der Waals surface area (Å²) in [4.78, 5) is 19.7. The molecule has 4 aromatic rings. The standard InChI is InChI=1S/C23H16N6O9S3/c1-11(30)26-13-4-2-12(3-5-13)21-18(10-24)22(25)39-23(21)28-27-14-6-16-17(19(7-14)40(33,34)35)8-15(29(31)32)9-20(16)41(36,37)38/h2-9H,25H2,1H3,(H,26,30)(H,33,34,35)(H,36,37,38)/b28-27+. The maximum Gasteiger partial charge on any atom is 0.295 e. The lowest BCUT2D eigenvalue weighted by Crippen LogP contribution is -2.05. The third-order valence-electron chi connectivity index (χ3n) is 5.51. The van der Waals surface area contributed by atoms with E-state index in [-0.39, 0.29) is 32.7 Å². The van der Waals surface area contributed by atoms with E-state index >= 15 is 0 Å². The molecule has 210 valence electrons. The average Bonchev–Trinajstić information content (AvgIpc) is 3.20. The molecule has 0 bridgehead atoms. The Hall–Kier alpha value is -4.80. The Morgan fingerprint density at radius 3 is 2.15 bits per heavy atom. The number of carbonyl (C=O) groups is 1. The van der Waals surface area contributed by atoms with Crippen molar-refractivity contribution >= 4 is 75.3 Å². The molecule has 1 heterocycles. The molecule has 1 amide bonds. The van der Waals surface area contributed by atoms with Crippen molar-refractivity contribution in [3.05, 3.63) is 64.2 Å². The topological polar surface area (TPSA) is 256 Å². The highest BCUT2D eigenvalue weighted by molar-refractivity contribution is 7.86. The van der Waals surface area contributed by atoms with Gasteiger partial charge in [0.25, 0.3) is 25.9 Å². The summed E-state index contributed by atoms with van der Waals surface area (Å²) in [6.45, 7) is 1.33. The van der Waals surface area contributed by atoms with Gasteiger partial charge in [0, 0.05) is 41.1 Å². The molecule has 0 saturated carbocycles. The first-order chi connectivity index (χ1) is 19.1. The molecule has 4 rings (SSSR count). The Labute approximate surface area is 235 Å². The van der Waals surface area contributed by atoms with E-state index in [1.54, 1.807) is 24.3 Å². The summed E-state index contributed by atoms with van der Waals surface area (Å²) < 4.78 is 67.9. The van der Waals surface area contributed by atoms with Crippen LogP contribution in [0.15, 0.2) is 68.6 Å². The number of nitrogens with one attached hydrogen (secondary N) is 1. The van der Waals surface area contributed by atoms with Gasteiger partial charge in [0.15, 0.2) is 0 Å². The number of nitrogens with zero attached hydrogens (tertiary/aromatic N) is 4. The number of hydrogen-bond donors (Lipinski definition) is 4. The summed E-state index contributed by atoms with van der Waals surface area (Å²) >= 11 is 0.867. The van der Waals surface area contributed by atoms with Crippen molar-refractivity contribution in [2.24, 2.45) is 10.2 Å². The van der Waals surface area contributed by atoms with Crippen molar-refractivity contribution in [2.45, 2.75) is 16.7 Å². The molecule has 3 aromatic carbocycles.